The van der Waals surface area contributed by atoms with Crippen molar-refractivity contribution in [3.63, 3.8) is 0 Å². The van der Waals surface area contributed by atoms with E-state index < -0.39 is 23.7 Å². The van der Waals surface area contributed by atoms with Crippen molar-refractivity contribution in [2.45, 2.75) is 36.0 Å². The van der Waals surface area contributed by atoms with Crippen LogP contribution in [0.25, 0.3) is 11.3 Å². The number of benzene rings is 1. The number of halogens is 4. The maximum absolute atomic E-state index is 13.4. The van der Waals surface area contributed by atoms with Crippen LogP contribution in [0.2, 0.25) is 0 Å². The lowest BCUT2D eigenvalue weighted by Crippen LogP contribution is -2.38. The number of rotatable bonds is 3. The van der Waals surface area contributed by atoms with Gasteiger partial charge in [-0.25, -0.2) is 4.39 Å². The van der Waals surface area contributed by atoms with E-state index in [9.17, 15) is 22.7 Å². The molecule has 9 heteroatoms. The summed E-state index contributed by atoms with van der Waals surface area (Å²) in [5.74, 6) is -0.505. The minimum Gasteiger partial charge on any atom is -0.507 e. The quantitative estimate of drug-likeness (QED) is 0.781. The van der Waals surface area contributed by atoms with Crippen LogP contribution in [0.15, 0.2) is 29.3 Å². The van der Waals surface area contributed by atoms with Gasteiger partial charge in [0, 0.05) is 23.9 Å². The summed E-state index contributed by atoms with van der Waals surface area (Å²) in [4.78, 5) is 0. The third-order valence-corrected chi connectivity index (χ3v) is 5.22. The van der Waals surface area contributed by atoms with Gasteiger partial charge in [-0.2, -0.15) is 13.2 Å². The normalized spacial score (nSPS) is 21.0. The standard InChI is InChI=1S/C17H17F4N3OS/c1-9-4-15(26-12-6-11(18)7-22-8-12)23-24-16(9)13-3-2-10(5-14(13)25)17(19,20)21/h2-5,11-12,22,25H,6-8H2,1H3/t11-,12+/m0/s1. The maximum atomic E-state index is 13.4. The molecule has 2 atom stereocenters. The number of phenolic OH excluding ortho intramolecular Hbond substituents is 1. The molecule has 3 rings (SSSR count). The van der Waals surface area contributed by atoms with Crippen molar-refractivity contribution in [3.05, 3.63) is 35.4 Å². The third kappa shape index (κ3) is 4.27. The first kappa shape index (κ1) is 18.9. The van der Waals surface area contributed by atoms with E-state index in [-0.39, 0.29) is 10.8 Å². The predicted molar refractivity (Wildman–Crippen MR) is 90.9 cm³/mol. The van der Waals surface area contributed by atoms with Gasteiger partial charge in [-0.05, 0) is 43.2 Å². The summed E-state index contributed by atoms with van der Waals surface area (Å²) in [6.07, 6.45) is -4.99. The van der Waals surface area contributed by atoms with Crippen LogP contribution in [0.4, 0.5) is 17.6 Å². The van der Waals surface area contributed by atoms with Crippen molar-refractivity contribution in [3.8, 4) is 17.0 Å². The maximum Gasteiger partial charge on any atom is 0.416 e. The first-order valence-corrected chi connectivity index (χ1v) is 8.88. The van der Waals surface area contributed by atoms with Gasteiger partial charge >= 0.3 is 6.18 Å². The number of thioether (sulfide) groups is 1. The Labute approximate surface area is 152 Å². The van der Waals surface area contributed by atoms with E-state index in [2.05, 4.69) is 15.5 Å². The predicted octanol–water partition coefficient (Wildman–Crippen LogP) is 3.97. The number of nitrogens with zero attached hydrogens (tertiary/aromatic N) is 2. The number of nitrogens with one attached hydrogen (secondary N) is 1. The average molecular weight is 387 g/mol. The van der Waals surface area contributed by atoms with Gasteiger partial charge < -0.3 is 10.4 Å². The minimum atomic E-state index is -4.53. The van der Waals surface area contributed by atoms with Gasteiger partial charge in [0.2, 0.25) is 0 Å². The second-order valence-corrected chi connectivity index (χ2v) is 7.50. The van der Waals surface area contributed by atoms with Crippen molar-refractivity contribution >= 4 is 11.8 Å². The van der Waals surface area contributed by atoms with Gasteiger partial charge in [0.05, 0.1) is 11.3 Å². The molecule has 2 heterocycles. The summed E-state index contributed by atoms with van der Waals surface area (Å²) < 4.78 is 51.6. The molecule has 26 heavy (non-hydrogen) atoms. The lowest BCUT2D eigenvalue weighted by molar-refractivity contribution is -0.137. The average Bonchev–Trinajstić information content (AvgIpc) is 2.55. The summed E-state index contributed by atoms with van der Waals surface area (Å²) in [6.45, 7) is 2.77. The van der Waals surface area contributed by atoms with Crippen LogP contribution in [-0.4, -0.2) is 39.8 Å². The molecule has 0 radical (unpaired) electrons. The molecule has 0 bridgehead atoms. The highest BCUT2D eigenvalue weighted by Gasteiger charge is 2.31. The molecule has 1 fully saturated rings. The number of phenols is 1. The molecule has 1 aromatic heterocycles. The van der Waals surface area contributed by atoms with E-state index >= 15 is 0 Å². The van der Waals surface area contributed by atoms with E-state index in [1.165, 1.54) is 17.8 Å². The molecule has 0 unspecified atom stereocenters. The van der Waals surface area contributed by atoms with Crippen molar-refractivity contribution in [2.24, 2.45) is 0 Å². The third-order valence-electron chi connectivity index (χ3n) is 4.09. The summed E-state index contributed by atoms with van der Waals surface area (Å²) in [7, 11) is 0. The van der Waals surface area contributed by atoms with Crippen molar-refractivity contribution < 1.29 is 22.7 Å². The number of hydrogen-bond donors (Lipinski definition) is 2. The topological polar surface area (TPSA) is 58.0 Å². The monoisotopic (exact) mass is 387 g/mol. The minimum absolute atomic E-state index is 0.0396. The highest BCUT2D eigenvalue weighted by Crippen LogP contribution is 2.37. The van der Waals surface area contributed by atoms with Crippen molar-refractivity contribution in [2.75, 3.05) is 13.1 Å². The fraction of sp³-hybridized carbons (Fsp3) is 0.412. The van der Waals surface area contributed by atoms with Crippen LogP contribution in [0.5, 0.6) is 5.75 Å². The fourth-order valence-corrected chi connectivity index (χ4v) is 3.99. The molecule has 140 valence electrons. The van der Waals surface area contributed by atoms with Crippen LogP contribution < -0.4 is 5.32 Å². The Bertz CT molecular complexity index is 800. The lowest BCUT2D eigenvalue weighted by Gasteiger charge is -2.24. The Morgan fingerprint density at radius 1 is 1.19 bits per heavy atom. The summed E-state index contributed by atoms with van der Waals surface area (Å²) in [5.41, 5.74) is 0.230. The van der Waals surface area contributed by atoms with Crippen LogP contribution in [0, 0.1) is 6.92 Å². The van der Waals surface area contributed by atoms with Crippen LogP contribution >= 0.6 is 11.8 Å². The molecular formula is C17H17F4N3OS. The number of aromatic nitrogens is 2. The van der Waals surface area contributed by atoms with Gasteiger partial charge in [-0.15, -0.1) is 10.2 Å². The first-order valence-electron chi connectivity index (χ1n) is 8.00. The Morgan fingerprint density at radius 2 is 1.96 bits per heavy atom. The Hall–Kier alpha value is -1.87. The number of alkyl halides is 4. The van der Waals surface area contributed by atoms with Gasteiger partial charge in [0.25, 0.3) is 0 Å². The first-order chi connectivity index (χ1) is 12.2. The van der Waals surface area contributed by atoms with E-state index in [1.807, 2.05) is 0 Å². The molecule has 2 aromatic rings. The van der Waals surface area contributed by atoms with Crippen molar-refractivity contribution in [1.82, 2.24) is 15.5 Å². The smallest absolute Gasteiger partial charge is 0.416 e. The van der Waals surface area contributed by atoms with Gasteiger partial charge in [0.1, 0.15) is 16.9 Å². The Balaban J connectivity index is 1.81. The van der Waals surface area contributed by atoms with E-state index in [0.29, 0.717) is 41.9 Å². The molecular weight excluding hydrogens is 370 g/mol. The van der Waals surface area contributed by atoms with Crippen LogP contribution in [-0.2, 0) is 6.18 Å². The number of aryl methyl sites for hydroxylation is 1. The fourth-order valence-electron chi connectivity index (χ4n) is 2.81. The Morgan fingerprint density at radius 3 is 2.58 bits per heavy atom. The highest BCUT2D eigenvalue weighted by atomic mass is 32.2. The number of piperidine rings is 1. The van der Waals surface area contributed by atoms with Crippen LogP contribution in [0.1, 0.15) is 17.5 Å². The molecule has 0 spiro atoms. The summed E-state index contributed by atoms with van der Waals surface area (Å²) in [5, 5.41) is 21.8. The van der Waals surface area contributed by atoms with E-state index in [0.717, 1.165) is 6.07 Å². The summed E-state index contributed by atoms with van der Waals surface area (Å²) in [6, 6.07) is 4.49. The zero-order valence-electron chi connectivity index (χ0n) is 13.8. The molecule has 1 aromatic carbocycles. The second kappa shape index (κ2) is 7.40. The molecule has 2 N–H and O–H groups in total. The van der Waals surface area contributed by atoms with E-state index in [1.54, 1.807) is 13.0 Å². The van der Waals surface area contributed by atoms with Gasteiger partial charge in [-0.1, -0.05) is 11.8 Å². The van der Waals surface area contributed by atoms with Crippen molar-refractivity contribution in [1.29, 1.82) is 0 Å². The molecule has 0 saturated carbocycles. The number of hydrogen-bond acceptors (Lipinski definition) is 5. The lowest BCUT2D eigenvalue weighted by atomic mass is 10.0. The molecule has 4 nitrogen and oxygen atoms in total. The summed E-state index contributed by atoms with van der Waals surface area (Å²) >= 11 is 1.41. The zero-order chi connectivity index (χ0) is 18.9. The largest absolute Gasteiger partial charge is 0.507 e. The molecule has 1 saturated heterocycles. The van der Waals surface area contributed by atoms with Gasteiger partial charge in [-0.3, -0.25) is 0 Å². The number of aromatic hydroxyl groups is 1. The highest BCUT2D eigenvalue weighted by molar-refractivity contribution is 7.99. The molecule has 0 aliphatic carbocycles. The van der Waals surface area contributed by atoms with Crippen LogP contribution in [0.3, 0.4) is 0 Å². The van der Waals surface area contributed by atoms with Gasteiger partial charge in [0.15, 0.2) is 0 Å². The second-order valence-electron chi connectivity index (χ2n) is 6.17. The molecule has 1 aliphatic heterocycles. The Kier molecular flexibility index (Phi) is 5.38. The SMILES string of the molecule is Cc1cc(S[C@H]2CNC[C@@H](F)C2)nnc1-c1ccc(C(F)(F)F)cc1O. The zero-order valence-corrected chi connectivity index (χ0v) is 14.7. The van der Waals surface area contributed by atoms with E-state index in [4.69, 9.17) is 0 Å². The molecule has 0 amide bonds. The molecule has 1 aliphatic rings.